The van der Waals surface area contributed by atoms with E-state index in [0.717, 1.165) is 78.2 Å². The van der Waals surface area contributed by atoms with Crippen LogP contribution < -0.4 is 9.80 Å². The lowest BCUT2D eigenvalue weighted by molar-refractivity contribution is 0.619. The van der Waals surface area contributed by atoms with Gasteiger partial charge in [-0.2, -0.15) is 0 Å². The van der Waals surface area contributed by atoms with Crippen LogP contribution in [0.15, 0.2) is 288 Å². The molecular formula is C71H46N4O2. The van der Waals surface area contributed by atoms with Crippen LogP contribution in [0.25, 0.3) is 77.8 Å². The molecule has 14 aromatic rings. The molecule has 0 radical (unpaired) electrons. The fourth-order valence-electron chi connectivity index (χ4n) is 11.9. The Labute approximate surface area is 445 Å². The van der Waals surface area contributed by atoms with Gasteiger partial charge in [-0.25, -0.2) is 9.97 Å². The highest BCUT2D eigenvalue weighted by Gasteiger charge is 2.47. The predicted molar refractivity (Wildman–Crippen MR) is 314 cm³/mol. The zero-order chi connectivity index (χ0) is 50.9. The SMILES string of the molecule is c1ccc(C2(c3ccccc3)c3cc(N(c4ccc(-c5nc6ccccc6o5)cc4)c4cccc5ccccc45)ccc3-c3ccc(N(c4ccc(-c5nc6ccccc6o5)cc4)c4cccc5ccccc45)cc32)cc1. The second-order valence-corrected chi connectivity index (χ2v) is 19.7. The topological polar surface area (TPSA) is 58.5 Å². The van der Waals surface area contributed by atoms with Gasteiger partial charge in [0.25, 0.3) is 0 Å². The van der Waals surface area contributed by atoms with Gasteiger partial charge in [0, 0.05) is 44.6 Å². The molecule has 6 heteroatoms. The molecule has 0 amide bonds. The molecule has 1 aliphatic carbocycles. The van der Waals surface area contributed by atoms with Crippen LogP contribution in [0.3, 0.4) is 0 Å². The number of hydrogen-bond donors (Lipinski definition) is 0. The Morgan fingerprint density at radius 3 is 1.13 bits per heavy atom. The predicted octanol–water partition coefficient (Wildman–Crippen LogP) is 18.9. The van der Waals surface area contributed by atoms with Crippen LogP contribution >= 0.6 is 0 Å². The lowest BCUT2D eigenvalue weighted by atomic mass is 9.67. The minimum atomic E-state index is -0.734. The average molecular weight is 987 g/mol. The van der Waals surface area contributed by atoms with Gasteiger partial charge in [0.05, 0.1) is 16.8 Å². The van der Waals surface area contributed by atoms with E-state index < -0.39 is 5.41 Å². The Morgan fingerprint density at radius 2 is 0.688 bits per heavy atom. The van der Waals surface area contributed by atoms with Crippen molar-refractivity contribution in [2.75, 3.05) is 9.80 Å². The first-order chi connectivity index (χ1) is 38.2. The maximum Gasteiger partial charge on any atom is 0.227 e. The summed E-state index contributed by atoms with van der Waals surface area (Å²) in [5.74, 6) is 1.19. The second-order valence-electron chi connectivity index (χ2n) is 19.7. The molecule has 0 spiro atoms. The van der Waals surface area contributed by atoms with Crippen LogP contribution in [-0.4, -0.2) is 9.97 Å². The molecule has 15 rings (SSSR count). The number of oxazole rings is 2. The van der Waals surface area contributed by atoms with Gasteiger partial charge in [-0.3, -0.25) is 0 Å². The maximum absolute atomic E-state index is 6.26. The molecule has 1 aliphatic rings. The second kappa shape index (κ2) is 18.0. The minimum Gasteiger partial charge on any atom is -0.436 e. The molecule has 0 bridgehead atoms. The van der Waals surface area contributed by atoms with Crippen LogP contribution in [0.4, 0.5) is 34.1 Å². The number of anilines is 6. The third-order valence-corrected chi connectivity index (χ3v) is 15.4. The number of aromatic nitrogens is 2. The molecule has 362 valence electrons. The molecule has 0 saturated heterocycles. The van der Waals surface area contributed by atoms with Crippen molar-refractivity contribution in [1.82, 2.24) is 9.97 Å². The number of benzene rings is 12. The molecule has 2 heterocycles. The van der Waals surface area contributed by atoms with Gasteiger partial charge in [0.1, 0.15) is 11.0 Å². The van der Waals surface area contributed by atoms with Crippen LogP contribution in [0.5, 0.6) is 0 Å². The molecule has 6 nitrogen and oxygen atoms in total. The molecule has 0 atom stereocenters. The first-order valence-electron chi connectivity index (χ1n) is 26.0. The quantitative estimate of drug-likeness (QED) is 0.136. The van der Waals surface area contributed by atoms with Gasteiger partial charge in [0.2, 0.25) is 11.8 Å². The smallest absolute Gasteiger partial charge is 0.227 e. The molecule has 0 unspecified atom stereocenters. The van der Waals surface area contributed by atoms with E-state index >= 15 is 0 Å². The average Bonchev–Trinajstić information content (AvgIpc) is 4.33. The van der Waals surface area contributed by atoms with Crippen molar-refractivity contribution < 1.29 is 8.83 Å². The summed E-state index contributed by atoms with van der Waals surface area (Å²) in [6.07, 6.45) is 0. The Balaban J connectivity index is 0.936. The highest BCUT2D eigenvalue weighted by Crippen LogP contribution is 2.59. The first-order valence-corrected chi connectivity index (χ1v) is 26.0. The van der Waals surface area contributed by atoms with Crippen molar-refractivity contribution in [2.24, 2.45) is 0 Å². The summed E-state index contributed by atoms with van der Waals surface area (Å²) in [5.41, 5.74) is 17.7. The van der Waals surface area contributed by atoms with Gasteiger partial charge in [-0.05, 0) is 153 Å². The van der Waals surface area contributed by atoms with E-state index in [0.29, 0.717) is 11.8 Å². The summed E-state index contributed by atoms with van der Waals surface area (Å²) >= 11 is 0. The lowest BCUT2D eigenvalue weighted by Crippen LogP contribution is -2.29. The van der Waals surface area contributed by atoms with E-state index in [1.165, 1.54) is 44.2 Å². The number of para-hydroxylation sites is 4. The van der Waals surface area contributed by atoms with Crippen LogP contribution in [-0.2, 0) is 5.41 Å². The lowest BCUT2D eigenvalue weighted by Gasteiger charge is -2.36. The summed E-state index contributed by atoms with van der Waals surface area (Å²) in [7, 11) is 0. The van der Waals surface area contributed by atoms with E-state index in [9.17, 15) is 0 Å². The molecule has 0 fully saturated rings. The number of rotatable bonds is 10. The van der Waals surface area contributed by atoms with Crippen LogP contribution in [0.1, 0.15) is 22.3 Å². The van der Waals surface area contributed by atoms with E-state index in [4.69, 9.17) is 18.8 Å². The minimum absolute atomic E-state index is 0.593. The monoisotopic (exact) mass is 986 g/mol. The summed E-state index contributed by atoms with van der Waals surface area (Å²) in [6, 6.07) is 99.7. The zero-order valence-corrected chi connectivity index (χ0v) is 41.7. The molecule has 0 aliphatic heterocycles. The first kappa shape index (κ1) is 44.2. The Morgan fingerprint density at radius 1 is 0.312 bits per heavy atom. The summed E-state index contributed by atoms with van der Waals surface area (Å²) in [4.78, 5) is 14.5. The Bertz CT molecular complexity index is 4160. The maximum atomic E-state index is 6.26. The third kappa shape index (κ3) is 7.25. The van der Waals surface area contributed by atoms with Crippen molar-refractivity contribution in [3.05, 3.63) is 301 Å². The highest BCUT2D eigenvalue weighted by atomic mass is 16.4. The summed E-state index contributed by atoms with van der Waals surface area (Å²) < 4.78 is 12.5. The number of nitrogens with zero attached hydrogens (tertiary/aromatic N) is 4. The van der Waals surface area contributed by atoms with Crippen molar-refractivity contribution in [3.8, 4) is 34.0 Å². The molecule has 77 heavy (non-hydrogen) atoms. The van der Waals surface area contributed by atoms with Crippen LogP contribution in [0, 0.1) is 0 Å². The Kier molecular flexibility index (Phi) is 10.3. The molecule has 0 N–H and O–H groups in total. The van der Waals surface area contributed by atoms with Crippen molar-refractivity contribution in [3.63, 3.8) is 0 Å². The van der Waals surface area contributed by atoms with E-state index in [1.807, 2.05) is 48.5 Å². The van der Waals surface area contributed by atoms with Gasteiger partial charge in [-0.15, -0.1) is 0 Å². The molecule has 2 aromatic heterocycles. The Hall–Kier alpha value is -10.3. The summed E-state index contributed by atoms with van der Waals surface area (Å²) in [5, 5.41) is 4.64. The normalized spacial score (nSPS) is 12.5. The highest BCUT2D eigenvalue weighted by molar-refractivity contribution is 6.02. The van der Waals surface area contributed by atoms with Gasteiger partial charge >= 0.3 is 0 Å². The van der Waals surface area contributed by atoms with Gasteiger partial charge in [0.15, 0.2) is 11.2 Å². The fraction of sp³-hybridized carbons (Fsp3) is 0.0141. The number of fused-ring (bicyclic) bond motifs is 7. The largest absolute Gasteiger partial charge is 0.436 e. The number of hydrogen-bond acceptors (Lipinski definition) is 6. The molecule has 0 saturated carbocycles. The van der Waals surface area contributed by atoms with Gasteiger partial charge < -0.3 is 18.6 Å². The van der Waals surface area contributed by atoms with E-state index in [2.05, 4.69) is 240 Å². The summed E-state index contributed by atoms with van der Waals surface area (Å²) in [6.45, 7) is 0. The van der Waals surface area contributed by atoms with Crippen LogP contribution in [0.2, 0.25) is 0 Å². The third-order valence-electron chi connectivity index (χ3n) is 15.4. The van der Waals surface area contributed by atoms with Gasteiger partial charge in [-0.1, -0.05) is 170 Å². The van der Waals surface area contributed by atoms with Crippen molar-refractivity contribution >= 4 is 77.9 Å². The molecule has 12 aromatic carbocycles. The molecular weight excluding hydrogens is 941 g/mol. The van der Waals surface area contributed by atoms with Crippen molar-refractivity contribution in [2.45, 2.75) is 5.41 Å². The van der Waals surface area contributed by atoms with Crippen molar-refractivity contribution in [1.29, 1.82) is 0 Å². The van der Waals surface area contributed by atoms with E-state index in [1.54, 1.807) is 0 Å². The standard InChI is InChI=1S/C71H46N4O2/c1-3-21-51(22-4-1)71(52-23-5-2-6-24-52)61-45-55(74(65-29-15-19-47-17-7-9-25-57(47)65)53-37-33-49(34-38-53)69-72-63-27-11-13-31-67(63)76-69)41-43-59(61)60-44-42-56(46-62(60)71)75(66-30-16-20-48-18-8-10-26-58(48)66)54-39-35-50(36-40-54)70-73-64-28-12-14-32-68(64)77-70/h1-46H. The zero-order valence-electron chi connectivity index (χ0n) is 41.7. The fourth-order valence-corrected chi connectivity index (χ4v) is 11.9. The van der Waals surface area contributed by atoms with E-state index in [-0.39, 0.29) is 0 Å².